The number of carbonyl (C=O) groups excluding carboxylic acids is 1. The van der Waals surface area contributed by atoms with Crippen molar-refractivity contribution < 1.29 is 17.6 Å². The summed E-state index contributed by atoms with van der Waals surface area (Å²) in [6.07, 6.45) is 3.50. The van der Waals surface area contributed by atoms with Crippen molar-refractivity contribution in [2.24, 2.45) is 7.05 Å². The van der Waals surface area contributed by atoms with Crippen LogP contribution in [-0.2, 0) is 17.1 Å². The molecule has 10 heteroatoms. The van der Waals surface area contributed by atoms with E-state index in [-0.39, 0.29) is 22.8 Å². The molecule has 2 aromatic heterocycles. The standard InChI is InChI=1S/C17H25N5O4S/c1-17(2,3)20-27(24,25)14-6-5-13(26-14)16(23)22-10-7-18-11-12(22)15-19-8-9-21(15)4/h5-6,8-9,12,18,20H,7,10-11H2,1-4H3. The third-order valence-corrected chi connectivity index (χ3v) is 5.79. The topological polar surface area (TPSA) is 109 Å². The lowest BCUT2D eigenvalue weighted by atomic mass is 10.1. The van der Waals surface area contributed by atoms with Gasteiger partial charge in [-0.25, -0.2) is 18.1 Å². The van der Waals surface area contributed by atoms with Crippen LogP contribution in [0.5, 0.6) is 0 Å². The minimum absolute atomic E-state index is 0.00890. The first kappa shape index (κ1) is 19.6. The fourth-order valence-electron chi connectivity index (χ4n) is 3.05. The molecule has 2 N–H and O–H groups in total. The highest BCUT2D eigenvalue weighted by molar-refractivity contribution is 7.89. The van der Waals surface area contributed by atoms with Gasteiger partial charge in [-0.2, -0.15) is 0 Å². The molecule has 1 unspecified atom stereocenters. The van der Waals surface area contributed by atoms with Gasteiger partial charge in [0, 0.05) is 44.6 Å². The van der Waals surface area contributed by atoms with Gasteiger partial charge in [-0.05, 0) is 32.9 Å². The Balaban J connectivity index is 1.85. The predicted octanol–water partition coefficient (Wildman–Crippen LogP) is 0.877. The SMILES string of the molecule is Cn1ccnc1C1CNCCN1C(=O)c1ccc(S(=O)(=O)NC(C)(C)C)o1. The molecule has 27 heavy (non-hydrogen) atoms. The van der Waals surface area contributed by atoms with E-state index in [1.807, 2.05) is 17.8 Å². The summed E-state index contributed by atoms with van der Waals surface area (Å²) in [6, 6.07) is 2.44. The molecule has 3 rings (SSSR count). The summed E-state index contributed by atoms with van der Waals surface area (Å²) >= 11 is 0. The summed E-state index contributed by atoms with van der Waals surface area (Å²) in [5.74, 6) is 0.386. The van der Waals surface area contributed by atoms with Crippen LogP contribution in [0.2, 0.25) is 0 Å². The molecule has 2 aromatic rings. The average Bonchev–Trinajstić information content (AvgIpc) is 3.21. The molecule has 0 aliphatic carbocycles. The van der Waals surface area contributed by atoms with E-state index in [4.69, 9.17) is 4.42 Å². The summed E-state index contributed by atoms with van der Waals surface area (Å²) in [5.41, 5.74) is -0.655. The second-order valence-electron chi connectivity index (χ2n) is 7.59. The molecular formula is C17H25N5O4S. The van der Waals surface area contributed by atoms with Gasteiger partial charge in [0.05, 0.1) is 0 Å². The third kappa shape index (κ3) is 4.23. The summed E-state index contributed by atoms with van der Waals surface area (Å²) in [6.45, 7) is 6.88. The summed E-state index contributed by atoms with van der Waals surface area (Å²) in [5, 5.41) is 2.98. The van der Waals surface area contributed by atoms with E-state index in [0.717, 1.165) is 5.82 Å². The summed E-state index contributed by atoms with van der Waals surface area (Å²) in [7, 11) is -1.97. The Labute approximate surface area is 158 Å². The van der Waals surface area contributed by atoms with Gasteiger partial charge in [-0.3, -0.25) is 4.79 Å². The van der Waals surface area contributed by atoms with Crippen LogP contribution in [0.4, 0.5) is 0 Å². The number of hydrogen-bond donors (Lipinski definition) is 2. The maximum Gasteiger partial charge on any atom is 0.290 e. The van der Waals surface area contributed by atoms with Gasteiger partial charge in [-0.1, -0.05) is 0 Å². The lowest BCUT2D eigenvalue weighted by molar-refractivity contribution is 0.0582. The van der Waals surface area contributed by atoms with Gasteiger partial charge >= 0.3 is 0 Å². The maximum absolute atomic E-state index is 13.0. The molecule has 1 fully saturated rings. The number of amides is 1. The van der Waals surface area contributed by atoms with Gasteiger partial charge in [0.25, 0.3) is 15.9 Å². The number of imidazole rings is 1. The number of hydrogen-bond acceptors (Lipinski definition) is 6. The monoisotopic (exact) mass is 395 g/mol. The van der Waals surface area contributed by atoms with Crippen LogP contribution < -0.4 is 10.0 Å². The van der Waals surface area contributed by atoms with Crippen LogP contribution in [0, 0.1) is 0 Å². The van der Waals surface area contributed by atoms with Crippen LogP contribution in [0.15, 0.2) is 34.0 Å². The second-order valence-corrected chi connectivity index (χ2v) is 9.20. The molecule has 0 spiro atoms. The lowest BCUT2D eigenvalue weighted by Crippen LogP contribution is -2.49. The average molecular weight is 395 g/mol. The second kappa shape index (κ2) is 7.10. The number of rotatable bonds is 4. The van der Waals surface area contributed by atoms with E-state index in [1.54, 1.807) is 31.9 Å². The van der Waals surface area contributed by atoms with Gasteiger partial charge in [0.2, 0.25) is 5.09 Å². The Morgan fingerprint density at radius 1 is 1.37 bits per heavy atom. The highest BCUT2D eigenvalue weighted by Gasteiger charge is 2.33. The normalized spacial score (nSPS) is 18.7. The fourth-order valence-corrected chi connectivity index (χ4v) is 4.40. The molecular weight excluding hydrogens is 370 g/mol. The number of piperazine rings is 1. The Morgan fingerprint density at radius 2 is 2.11 bits per heavy atom. The molecule has 1 aliphatic rings. The van der Waals surface area contributed by atoms with Crippen molar-refractivity contribution in [2.45, 2.75) is 37.4 Å². The molecule has 1 amide bonds. The molecule has 9 nitrogen and oxygen atoms in total. The van der Waals surface area contributed by atoms with Crippen LogP contribution in [0.1, 0.15) is 43.2 Å². The minimum atomic E-state index is -3.84. The first-order valence-corrected chi connectivity index (χ1v) is 10.2. The number of carbonyl (C=O) groups is 1. The van der Waals surface area contributed by atoms with E-state index in [1.165, 1.54) is 12.1 Å². The van der Waals surface area contributed by atoms with Crippen LogP contribution in [0.3, 0.4) is 0 Å². The molecule has 1 atom stereocenters. The molecule has 0 radical (unpaired) electrons. The summed E-state index contributed by atoms with van der Waals surface area (Å²) < 4.78 is 34.6. The number of aryl methyl sites for hydroxylation is 1. The molecule has 0 bridgehead atoms. The van der Waals surface area contributed by atoms with Gasteiger partial charge in [0.1, 0.15) is 11.9 Å². The van der Waals surface area contributed by atoms with Crippen molar-refractivity contribution in [2.75, 3.05) is 19.6 Å². The van der Waals surface area contributed by atoms with Crippen molar-refractivity contribution >= 4 is 15.9 Å². The van der Waals surface area contributed by atoms with Crippen molar-refractivity contribution in [3.63, 3.8) is 0 Å². The molecule has 148 valence electrons. The Bertz CT molecular complexity index is 925. The van der Waals surface area contributed by atoms with Gasteiger partial charge in [-0.15, -0.1) is 0 Å². The zero-order chi connectivity index (χ0) is 19.8. The van der Waals surface area contributed by atoms with Crippen molar-refractivity contribution in [3.05, 3.63) is 36.1 Å². The summed E-state index contributed by atoms with van der Waals surface area (Å²) in [4.78, 5) is 19.0. The first-order chi connectivity index (χ1) is 12.6. The molecule has 3 heterocycles. The third-order valence-electron chi connectivity index (χ3n) is 4.16. The highest BCUT2D eigenvalue weighted by Crippen LogP contribution is 2.24. The number of nitrogens with zero attached hydrogens (tertiary/aromatic N) is 3. The lowest BCUT2D eigenvalue weighted by Gasteiger charge is -2.35. The Morgan fingerprint density at radius 3 is 2.74 bits per heavy atom. The first-order valence-electron chi connectivity index (χ1n) is 8.71. The number of nitrogens with one attached hydrogen (secondary N) is 2. The van der Waals surface area contributed by atoms with Gasteiger partial charge < -0.3 is 19.2 Å². The van der Waals surface area contributed by atoms with E-state index in [2.05, 4.69) is 15.0 Å². The number of furan rings is 1. The number of sulfonamides is 1. The van der Waals surface area contributed by atoms with Crippen LogP contribution in [-0.4, -0.2) is 53.9 Å². The molecule has 0 aromatic carbocycles. The molecule has 0 saturated carbocycles. The van der Waals surface area contributed by atoms with E-state index in [9.17, 15) is 13.2 Å². The van der Waals surface area contributed by atoms with Gasteiger partial charge in [0.15, 0.2) is 5.76 Å². The largest absolute Gasteiger partial charge is 0.438 e. The Hall–Kier alpha value is -2.17. The fraction of sp³-hybridized carbons (Fsp3) is 0.529. The van der Waals surface area contributed by atoms with Crippen LogP contribution >= 0.6 is 0 Å². The Kier molecular flexibility index (Phi) is 5.15. The van der Waals surface area contributed by atoms with E-state index >= 15 is 0 Å². The zero-order valence-corrected chi connectivity index (χ0v) is 16.7. The highest BCUT2D eigenvalue weighted by atomic mass is 32.2. The zero-order valence-electron chi connectivity index (χ0n) is 15.9. The van der Waals surface area contributed by atoms with E-state index < -0.39 is 15.6 Å². The van der Waals surface area contributed by atoms with Crippen molar-refractivity contribution in [1.82, 2.24) is 24.5 Å². The maximum atomic E-state index is 13.0. The molecule has 1 aliphatic heterocycles. The predicted molar refractivity (Wildman–Crippen MR) is 98.6 cm³/mol. The quantitative estimate of drug-likeness (QED) is 0.795. The van der Waals surface area contributed by atoms with Crippen molar-refractivity contribution in [1.29, 1.82) is 0 Å². The molecule has 1 saturated heterocycles. The van der Waals surface area contributed by atoms with Crippen LogP contribution in [0.25, 0.3) is 0 Å². The smallest absolute Gasteiger partial charge is 0.290 e. The van der Waals surface area contributed by atoms with Crippen molar-refractivity contribution in [3.8, 4) is 0 Å². The number of aromatic nitrogens is 2. The van der Waals surface area contributed by atoms with E-state index in [0.29, 0.717) is 19.6 Å². The minimum Gasteiger partial charge on any atom is -0.438 e.